The molecule has 2 rings (SSSR count). The summed E-state index contributed by atoms with van der Waals surface area (Å²) in [4.78, 5) is 23.3. The van der Waals surface area contributed by atoms with Crippen molar-refractivity contribution in [1.29, 1.82) is 0 Å². The van der Waals surface area contributed by atoms with Gasteiger partial charge in [0.25, 0.3) is 5.91 Å². The van der Waals surface area contributed by atoms with Gasteiger partial charge in [-0.15, -0.1) is 0 Å². The van der Waals surface area contributed by atoms with Crippen molar-refractivity contribution in [2.45, 2.75) is 25.8 Å². The normalized spacial score (nSPS) is 18.0. The topological polar surface area (TPSA) is 70.2 Å². The number of piperidine rings is 1. The standard InChI is InChI=1S/C16H23N3O2/c1-17-16(21)14-6-4-12(5-7-14)11-19-15(20)9-13-3-2-8-18-10-13/h4-7,13,18H,2-3,8-11H2,1H3,(H,17,21)(H,19,20). The van der Waals surface area contributed by atoms with Crippen LogP contribution in [0.1, 0.15) is 35.2 Å². The third kappa shape index (κ3) is 4.86. The summed E-state index contributed by atoms with van der Waals surface area (Å²) >= 11 is 0. The van der Waals surface area contributed by atoms with E-state index in [0.29, 0.717) is 24.4 Å². The van der Waals surface area contributed by atoms with Crippen LogP contribution in [0.15, 0.2) is 24.3 Å². The molecule has 0 saturated carbocycles. The Hall–Kier alpha value is -1.88. The highest BCUT2D eigenvalue weighted by molar-refractivity contribution is 5.93. The summed E-state index contributed by atoms with van der Waals surface area (Å²) < 4.78 is 0. The molecule has 0 radical (unpaired) electrons. The van der Waals surface area contributed by atoms with Crippen molar-refractivity contribution in [2.75, 3.05) is 20.1 Å². The van der Waals surface area contributed by atoms with E-state index in [1.54, 1.807) is 19.2 Å². The summed E-state index contributed by atoms with van der Waals surface area (Å²) in [7, 11) is 1.61. The van der Waals surface area contributed by atoms with Crippen molar-refractivity contribution in [3.05, 3.63) is 35.4 Å². The van der Waals surface area contributed by atoms with E-state index in [2.05, 4.69) is 16.0 Å². The van der Waals surface area contributed by atoms with Crippen LogP contribution in [0.25, 0.3) is 0 Å². The van der Waals surface area contributed by atoms with Gasteiger partial charge in [0.2, 0.25) is 5.91 Å². The molecule has 3 N–H and O–H groups in total. The van der Waals surface area contributed by atoms with Gasteiger partial charge in [0, 0.05) is 25.6 Å². The highest BCUT2D eigenvalue weighted by Gasteiger charge is 2.16. The van der Waals surface area contributed by atoms with E-state index in [1.165, 1.54) is 0 Å². The Morgan fingerprint density at radius 2 is 2.05 bits per heavy atom. The number of amides is 2. The first-order chi connectivity index (χ1) is 10.2. The predicted octanol–water partition coefficient (Wildman–Crippen LogP) is 1.05. The second kappa shape index (κ2) is 7.78. The molecule has 1 fully saturated rings. The largest absolute Gasteiger partial charge is 0.355 e. The highest BCUT2D eigenvalue weighted by Crippen LogP contribution is 2.13. The van der Waals surface area contributed by atoms with Gasteiger partial charge in [0.05, 0.1) is 0 Å². The second-order valence-corrected chi connectivity index (χ2v) is 5.47. The van der Waals surface area contributed by atoms with Gasteiger partial charge >= 0.3 is 0 Å². The van der Waals surface area contributed by atoms with Crippen molar-refractivity contribution >= 4 is 11.8 Å². The average molecular weight is 289 g/mol. The molecule has 1 aromatic carbocycles. The molecule has 5 nitrogen and oxygen atoms in total. The first-order valence-corrected chi connectivity index (χ1v) is 7.47. The van der Waals surface area contributed by atoms with Gasteiger partial charge in [-0.3, -0.25) is 9.59 Å². The van der Waals surface area contributed by atoms with Gasteiger partial charge in [-0.1, -0.05) is 12.1 Å². The predicted molar refractivity (Wildman–Crippen MR) is 81.9 cm³/mol. The maximum atomic E-state index is 11.9. The molecule has 1 atom stereocenters. The molecule has 0 aliphatic carbocycles. The van der Waals surface area contributed by atoms with Crippen LogP contribution in [-0.2, 0) is 11.3 Å². The quantitative estimate of drug-likeness (QED) is 0.759. The molecule has 1 heterocycles. The molecule has 2 amide bonds. The fourth-order valence-electron chi connectivity index (χ4n) is 2.55. The molecule has 5 heteroatoms. The number of hydrogen-bond acceptors (Lipinski definition) is 3. The molecule has 1 aliphatic heterocycles. The van der Waals surface area contributed by atoms with Gasteiger partial charge in [0.15, 0.2) is 0 Å². The third-order valence-electron chi connectivity index (χ3n) is 3.81. The van der Waals surface area contributed by atoms with Crippen LogP contribution < -0.4 is 16.0 Å². The van der Waals surface area contributed by atoms with E-state index in [9.17, 15) is 9.59 Å². The second-order valence-electron chi connectivity index (χ2n) is 5.47. The van der Waals surface area contributed by atoms with Crippen LogP contribution in [0.5, 0.6) is 0 Å². The van der Waals surface area contributed by atoms with Gasteiger partial charge in [-0.05, 0) is 49.5 Å². The molecule has 1 aromatic rings. The first-order valence-electron chi connectivity index (χ1n) is 7.47. The lowest BCUT2D eigenvalue weighted by Crippen LogP contribution is -2.34. The van der Waals surface area contributed by atoms with Crippen LogP contribution in [-0.4, -0.2) is 32.0 Å². The van der Waals surface area contributed by atoms with Gasteiger partial charge in [0.1, 0.15) is 0 Å². The van der Waals surface area contributed by atoms with Crippen LogP contribution in [0.3, 0.4) is 0 Å². The molecule has 1 saturated heterocycles. The van der Waals surface area contributed by atoms with Gasteiger partial charge in [-0.2, -0.15) is 0 Å². The van der Waals surface area contributed by atoms with Gasteiger partial charge in [-0.25, -0.2) is 0 Å². The molecule has 0 aromatic heterocycles. The zero-order valence-corrected chi connectivity index (χ0v) is 12.4. The fraction of sp³-hybridized carbons (Fsp3) is 0.500. The maximum Gasteiger partial charge on any atom is 0.251 e. The monoisotopic (exact) mass is 289 g/mol. The highest BCUT2D eigenvalue weighted by atomic mass is 16.2. The number of benzene rings is 1. The van der Waals surface area contributed by atoms with Crippen LogP contribution in [0.4, 0.5) is 0 Å². The molecule has 0 spiro atoms. The number of nitrogens with one attached hydrogen (secondary N) is 3. The Morgan fingerprint density at radius 3 is 2.67 bits per heavy atom. The Balaban J connectivity index is 1.76. The average Bonchev–Trinajstić information content (AvgIpc) is 2.53. The van der Waals surface area contributed by atoms with E-state index in [0.717, 1.165) is 31.5 Å². The molecule has 1 aliphatic rings. The number of rotatable bonds is 5. The molecular formula is C16H23N3O2. The Bertz CT molecular complexity index is 479. The van der Waals surface area contributed by atoms with Crippen LogP contribution >= 0.6 is 0 Å². The Morgan fingerprint density at radius 1 is 1.29 bits per heavy atom. The van der Waals surface area contributed by atoms with Crippen molar-refractivity contribution in [3.8, 4) is 0 Å². The van der Waals surface area contributed by atoms with E-state index in [1.807, 2.05) is 12.1 Å². The summed E-state index contributed by atoms with van der Waals surface area (Å²) in [6, 6.07) is 7.27. The van der Waals surface area contributed by atoms with Gasteiger partial charge < -0.3 is 16.0 Å². The SMILES string of the molecule is CNC(=O)c1ccc(CNC(=O)CC2CCCNC2)cc1. The van der Waals surface area contributed by atoms with Crippen LogP contribution in [0.2, 0.25) is 0 Å². The fourth-order valence-corrected chi connectivity index (χ4v) is 2.55. The Labute approximate surface area is 125 Å². The molecule has 114 valence electrons. The van der Waals surface area contributed by atoms with E-state index in [4.69, 9.17) is 0 Å². The van der Waals surface area contributed by atoms with Crippen molar-refractivity contribution in [1.82, 2.24) is 16.0 Å². The number of carbonyl (C=O) groups is 2. The first kappa shape index (κ1) is 15.5. The number of carbonyl (C=O) groups excluding carboxylic acids is 2. The third-order valence-corrected chi connectivity index (χ3v) is 3.81. The minimum atomic E-state index is -0.101. The summed E-state index contributed by atoms with van der Waals surface area (Å²) in [5.74, 6) is 0.448. The zero-order chi connectivity index (χ0) is 15.1. The molecule has 21 heavy (non-hydrogen) atoms. The Kier molecular flexibility index (Phi) is 5.75. The molecule has 0 bridgehead atoms. The minimum absolute atomic E-state index is 0.0964. The lowest BCUT2D eigenvalue weighted by Gasteiger charge is -2.22. The van der Waals surface area contributed by atoms with E-state index >= 15 is 0 Å². The minimum Gasteiger partial charge on any atom is -0.355 e. The van der Waals surface area contributed by atoms with E-state index in [-0.39, 0.29) is 11.8 Å². The van der Waals surface area contributed by atoms with Crippen molar-refractivity contribution in [2.24, 2.45) is 5.92 Å². The molecular weight excluding hydrogens is 266 g/mol. The number of hydrogen-bond donors (Lipinski definition) is 3. The smallest absolute Gasteiger partial charge is 0.251 e. The summed E-state index contributed by atoms with van der Waals surface area (Å²) in [6.45, 7) is 2.51. The van der Waals surface area contributed by atoms with E-state index < -0.39 is 0 Å². The zero-order valence-electron chi connectivity index (χ0n) is 12.4. The summed E-state index contributed by atoms with van der Waals surface area (Å²) in [5, 5.41) is 8.84. The maximum absolute atomic E-state index is 11.9. The van der Waals surface area contributed by atoms with Crippen molar-refractivity contribution in [3.63, 3.8) is 0 Å². The van der Waals surface area contributed by atoms with Crippen molar-refractivity contribution < 1.29 is 9.59 Å². The lowest BCUT2D eigenvalue weighted by atomic mass is 9.96. The molecule has 1 unspecified atom stereocenters. The lowest BCUT2D eigenvalue weighted by molar-refractivity contribution is -0.122. The van der Waals surface area contributed by atoms with Crippen LogP contribution in [0, 0.1) is 5.92 Å². The summed E-state index contributed by atoms with van der Waals surface area (Å²) in [6.07, 6.45) is 2.86. The summed E-state index contributed by atoms with van der Waals surface area (Å²) in [5.41, 5.74) is 1.62.